The topological polar surface area (TPSA) is 23.5 Å². The van der Waals surface area contributed by atoms with Crippen molar-refractivity contribution in [1.82, 2.24) is 4.90 Å². The van der Waals surface area contributed by atoms with Gasteiger partial charge in [0, 0.05) is 6.04 Å². The molecule has 0 aromatic heterocycles. The highest BCUT2D eigenvalue weighted by atomic mass is 16.3. The largest absolute Gasteiger partial charge is 0.393 e. The van der Waals surface area contributed by atoms with Crippen molar-refractivity contribution in [1.29, 1.82) is 0 Å². The Bertz CT molecular complexity index is 103. The van der Waals surface area contributed by atoms with E-state index in [4.69, 9.17) is 5.11 Å². The lowest BCUT2D eigenvalue weighted by Crippen LogP contribution is -2.27. The Morgan fingerprint density at radius 2 is 2.40 bits per heavy atom. The van der Waals surface area contributed by atoms with Crippen molar-refractivity contribution in [3.8, 4) is 0 Å². The number of likely N-dealkylation sites (tertiary alicyclic amines) is 1. The number of aliphatic hydroxyl groups is 1. The Labute approximate surface area is 62.8 Å². The predicted octanol–water partition coefficient (Wildman–Crippen LogP) is 0.851. The van der Waals surface area contributed by atoms with E-state index in [0.717, 1.165) is 6.42 Å². The Morgan fingerprint density at radius 3 is 2.80 bits per heavy atom. The van der Waals surface area contributed by atoms with Gasteiger partial charge in [0.25, 0.3) is 0 Å². The molecule has 1 rings (SSSR count). The molecular formula is C8H17NO. The van der Waals surface area contributed by atoms with Gasteiger partial charge in [0.1, 0.15) is 0 Å². The van der Waals surface area contributed by atoms with Crippen LogP contribution in [-0.4, -0.2) is 35.7 Å². The fourth-order valence-electron chi connectivity index (χ4n) is 1.67. The van der Waals surface area contributed by atoms with Crippen LogP contribution in [0, 0.1) is 0 Å². The minimum Gasteiger partial charge on any atom is -0.393 e. The van der Waals surface area contributed by atoms with Crippen LogP contribution in [0.4, 0.5) is 0 Å². The first kappa shape index (κ1) is 8.02. The molecule has 0 bridgehead atoms. The third kappa shape index (κ3) is 1.96. The summed E-state index contributed by atoms with van der Waals surface area (Å²) in [6.07, 6.45) is 3.37. The van der Waals surface area contributed by atoms with Crippen LogP contribution in [-0.2, 0) is 0 Å². The van der Waals surface area contributed by atoms with Gasteiger partial charge in [0.2, 0.25) is 0 Å². The summed E-state index contributed by atoms with van der Waals surface area (Å²) in [5.41, 5.74) is 0. The van der Waals surface area contributed by atoms with Crippen molar-refractivity contribution in [2.75, 3.05) is 13.6 Å². The van der Waals surface area contributed by atoms with Crippen molar-refractivity contribution >= 4 is 0 Å². The van der Waals surface area contributed by atoms with Crippen LogP contribution in [0.15, 0.2) is 0 Å². The predicted molar refractivity (Wildman–Crippen MR) is 41.9 cm³/mol. The Balaban J connectivity index is 2.26. The summed E-state index contributed by atoms with van der Waals surface area (Å²) in [7, 11) is 2.14. The molecule has 1 N–H and O–H groups in total. The Kier molecular flexibility index (Phi) is 2.69. The summed E-state index contributed by atoms with van der Waals surface area (Å²) in [6, 6.07) is 0.639. The van der Waals surface area contributed by atoms with Crippen LogP contribution in [0.1, 0.15) is 26.2 Å². The van der Waals surface area contributed by atoms with Crippen molar-refractivity contribution in [3.05, 3.63) is 0 Å². The molecule has 1 fully saturated rings. The number of rotatable bonds is 2. The van der Waals surface area contributed by atoms with Gasteiger partial charge in [-0.05, 0) is 39.8 Å². The lowest BCUT2D eigenvalue weighted by atomic mass is 10.1. The summed E-state index contributed by atoms with van der Waals surface area (Å²) in [5.74, 6) is 0. The standard InChI is InChI=1S/C8H17NO/c1-7(10)6-8-4-3-5-9(8)2/h7-8,10H,3-6H2,1-2H3/t7-,8-/m0/s1. The molecule has 60 valence electrons. The number of hydrogen-bond acceptors (Lipinski definition) is 2. The molecule has 10 heavy (non-hydrogen) atoms. The first-order valence-corrected chi connectivity index (χ1v) is 4.08. The van der Waals surface area contributed by atoms with Gasteiger partial charge < -0.3 is 10.0 Å². The van der Waals surface area contributed by atoms with Crippen LogP contribution < -0.4 is 0 Å². The molecule has 1 saturated heterocycles. The fourth-order valence-corrected chi connectivity index (χ4v) is 1.67. The molecule has 2 heteroatoms. The van der Waals surface area contributed by atoms with Crippen LogP contribution >= 0.6 is 0 Å². The third-order valence-corrected chi connectivity index (χ3v) is 2.28. The molecule has 2 nitrogen and oxygen atoms in total. The molecule has 0 aromatic rings. The van der Waals surface area contributed by atoms with Gasteiger partial charge in [-0.25, -0.2) is 0 Å². The van der Waals surface area contributed by atoms with Gasteiger partial charge in [-0.1, -0.05) is 0 Å². The highest BCUT2D eigenvalue weighted by Crippen LogP contribution is 2.18. The van der Waals surface area contributed by atoms with Crippen LogP contribution in [0.25, 0.3) is 0 Å². The van der Waals surface area contributed by atoms with Crippen molar-refractivity contribution < 1.29 is 5.11 Å². The molecule has 0 amide bonds. The first-order valence-electron chi connectivity index (χ1n) is 4.08. The molecule has 0 unspecified atom stereocenters. The number of nitrogens with zero attached hydrogens (tertiary/aromatic N) is 1. The van der Waals surface area contributed by atoms with Crippen LogP contribution in [0.2, 0.25) is 0 Å². The van der Waals surface area contributed by atoms with E-state index in [9.17, 15) is 0 Å². The molecule has 2 atom stereocenters. The van der Waals surface area contributed by atoms with Crippen LogP contribution in [0.5, 0.6) is 0 Å². The van der Waals surface area contributed by atoms with E-state index in [0.29, 0.717) is 6.04 Å². The van der Waals surface area contributed by atoms with Gasteiger partial charge in [-0.2, -0.15) is 0 Å². The summed E-state index contributed by atoms with van der Waals surface area (Å²) in [6.45, 7) is 3.07. The monoisotopic (exact) mass is 143 g/mol. The van der Waals surface area contributed by atoms with E-state index in [1.165, 1.54) is 19.4 Å². The zero-order valence-electron chi connectivity index (χ0n) is 6.88. The van der Waals surface area contributed by atoms with E-state index in [-0.39, 0.29) is 6.10 Å². The summed E-state index contributed by atoms with van der Waals surface area (Å²) < 4.78 is 0. The lowest BCUT2D eigenvalue weighted by Gasteiger charge is -2.20. The number of hydrogen-bond donors (Lipinski definition) is 1. The highest BCUT2D eigenvalue weighted by molar-refractivity contribution is 4.77. The van der Waals surface area contributed by atoms with Crippen molar-refractivity contribution in [2.45, 2.75) is 38.3 Å². The van der Waals surface area contributed by atoms with Gasteiger partial charge >= 0.3 is 0 Å². The SMILES string of the molecule is C[C@H](O)C[C@@H]1CCCN1C. The van der Waals surface area contributed by atoms with Gasteiger partial charge in [0.15, 0.2) is 0 Å². The molecule has 0 radical (unpaired) electrons. The Hall–Kier alpha value is -0.0800. The zero-order chi connectivity index (χ0) is 7.56. The van der Waals surface area contributed by atoms with Gasteiger partial charge in [-0.15, -0.1) is 0 Å². The van der Waals surface area contributed by atoms with Gasteiger partial charge in [-0.3, -0.25) is 0 Å². The van der Waals surface area contributed by atoms with E-state index in [1.54, 1.807) is 0 Å². The van der Waals surface area contributed by atoms with E-state index in [2.05, 4.69) is 11.9 Å². The smallest absolute Gasteiger partial charge is 0.0527 e. The highest BCUT2D eigenvalue weighted by Gasteiger charge is 2.21. The fraction of sp³-hybridized carbons (Fsp3) is 1.00. The molecule has 0 aromatic carbocycles. The Morgan fingerprint density at radius 1 is 1.70 bits per heavy atom. The minimum absolute atomic E-state index is 0.134. The zero-order valence-corrected chi connectivity index (χ0v) is 6.88. The second-order valence-electron chi connectivity index (χ2n) is 3.36. The first-order chi connectivity index (χ1) is 4.70. The number of aliphatic hydroxyl groups excluding tert-OH is 1. The molecule has 0 aliphatic carbocycles. The summed E-state index contributed by atoms with van der Waals surface area (Å²) in [5, 5.41) is 9.10. The second kappa shape index (κ2) is 3.35. The maximum atomic E-state index is 9.10. The average Bonchev–Trinajstić information content (AvgIpc) is 2.15. The average molecular weight is 143 g/mol. The molecule has 0 spiro atoms. The molecule has 1 aliphatic rings. The summed E-state index contributed by atoms with van der Waals surface area (Å²) >= 11 is 0. The molecule has 0 saturated carbocycles. The summed E-state index contributed by atoms with van der Waals surface area (Å²) in [4.78, 5) is 2.34. The third-order valence-electron chi connectivity index (χ3n) is 2.28. The quantitative estimate of drug-likeness (QED) is 0.619. The van der Waals surface area contributed by atoms with E-state index < -0.39 is 0 Å². The van der Waals surface area contributed by atoms with E-state index in [1.807, 2.05) is 6.92 Å². The van der Waals surface area contributed by atoms with Crippen molar-refractivity contribution in [2.24, 2.45) is 0 Å². The molecule has 1 heterocycles. The van der Waals surface area contributed by atoms with Crippen molar-refractivity contribution in [3.63, 3.8) is 0 Å². The van der Waals surface area contributed by atoms with Gasteiger partial charge in [0.05, 0.1) is 6.10 Å². The second-order valence-corrected chi connectivity index (χ2v) is 3.36. The normalized spacial score (nSPS) is 30.9. The lowest BCUT2D eigenvalue weighted by molar-refractivity contribution is 0.144. The molecular weight excluding hydrogens is 126 g/mol. The maximum absolute atomic E-state index is 9.10. The molecule has 1 aliphatic heterocycles. The van der Waals surface area contributed by atoms with E-state index >= 15 is 0 Å². The van der Waals surface area contributed by atoms with Crippen LogP contribution in [0.3, 0.4) is 0 Å². The maximum Gasteiger partial charge on any atom is 0.0527 e. The minimum atomic E-state index is -0.134.